The summed E-state index contributed by atoms with van der Waals surface area (Å²) in [6.07, 6.45) is 4.37. The van der Waals surface area contributed by atoms with Crippen molar-refractivity contribution in [3.63, 3.8) is 0 Å². The smallest absolute Gasteiger partial charge is 0.166 e. The standard InChI is InChI=1S/C11H12N4S/c1-2-6-12-9(3-1)11-15-14-10(16-11)7-13-8-4-5-8/h1-3,6,8,13H,4-5,7H2. The lowest BCUT2D eigenvalue weighted by Crippen LogP contribution is -2.14. The van der Waals surface area contributed by atoms with E-state index >= 15 is 0 Å². The lowest BCUT2D eigenvalue weighted by atomic mass is 10.4. The molecule has 1 saturated carbocycles. The summed E-state index contributed by atoms with van der Waals surface area (Å²) in [7, 11) is 0. The third-order valence-corrected chi connectivity index (χ3v) is 3.42. The Kier molecular flexibility index (Phi) is 2.63. The van der Waals surface area contributed by atoms with Crippen LogP contribution in [0.3, 0.4) is 0 Å². The van der Waals surface area contributed by atoms with Crippen molar-refractivity contribution in [2.45, 2.75) is 25.4 Å². The molecule has 0 aliphatic heterocycles. The zero-order valence-electron chi connectivity index (χ0n) is 8.76. The number of hydrogen-bond acceptors (Lipinski definition) is 5. The summed E-state index contributed by atoms with van der Waals surface area (Å²) in [5.41, 5.74) is 0.901. The van der Waals surface area contributed by atoms with Gasteiger partial charge in [0.15, 0.2) is 5.01 Å². The predicted octanol–water partition coefficient (Wildman–Crippen LogP) is 1.85. The molecule has 1 aliphatic carbocycles. The molecule has 1 aliphatic rings. The molecule has 82 valence electrons. The fourth-order valence-electron chi connectivity index (χ4n) is 1.44. The van der Waals surface area contributed by atoms with Crippen molar-refractivity contribution in [2.75, 3.05) is 0 Å². The molecule has 5 heteroatoms. The number of pyridine rings is 1. The van der Waals surface area contributed by atoms with Gasteiger partial charge in [0, 0.05) is 18.8 Å². The highest BCUT2D eigenvalue weighted by molar-refractivity contribution is 7.14. The van der Waals surface area contributed by atoms with E-state index in [9.17, 15) is 0 Å². The van der Waals surface area contributed by atoms with Crippen molar-refractivity contribution < 1.29 is 0 Å². The summed E-state index contributed by atoms with van der Waals surface area (Å²) in [5.74, 6) is 0. The molecular weight excluding hydrogens is 220 g/mol. The van der Waals surface area contributed by atoms with Crippen LogP contribution < -0.4 is 5.32 Å². The van der Waals surface area contributed by atoms with E-state index in [1.165, 1.54) is 12.8 Å². The van der Waals surface area contributed by atoms with Gasteiger partial charge in [-0.1, -0.05) is 17.4 Å². The number of hydrogen-bond donors (Lipinski definition) is 1. The van der Waals surface area contributed by atoms with Crippen molar-refractivity contribution in [3.05, 3.63) is 29.4 Å². The normalized spacial score (nSPS) is 15.2. The average molecular weight is 232 g/mol. The molecule has 0 spiro atoms. The largest absolute Gasteiger partial charge is 0.308 e. The van der Waals surface area contributed by atoms with Gasteiger partial charge in [0.25, 0.3) is 0 Å². The second-order valence-corrected chi connectivity index (χ2v) is 4.93. The minimum atomic E-state index is 0.710. The van der Waals surface area contributed by atoms with E-state index in [1.807, 2.05) is 18.2 Å². The van der Waals surface area contributed by atoms with E-state index in [2.05, 4.69) is 20.5 Å². The monoisotopic (exact) mass is 232 g/mol. The van der Waals surface area contributed by atoms with Crippen molar-refractivity contribution in [2.24, 2.45) is 0 Å². The van der Waals surface area contributed by atoms with Crippen LogP contribution in [0.4, 0.5) is 0 Å². The van der Waals surface area contributed by atoms with Gasteiger partial charge in [0.2, 0.25) is 0 Å². The topological polar surface area (TPSA) is 50.7 Å². The van der Waals surface area contributed by atoms with Crippen LogP contribution in [0.25, 0.3) is 10.7 Å². The molecule has 3 rings (SSSR count). The van der Waals surface area contributed by atoms with E-state index in [1.54, 1.807) is 17.5 Å². The minimum Gasteiger partial charge on any atom is -0.308 e. The summed E-state index contributed by atoms with van der Waals surface area (Å²) in [4.78, 5) is 4.26. The first-order valence-corrected chi connectivity index (χ1v) is 6.20. The second-order valence-electron chi connectivity index (χ2n) is 3.87. The Morgan fingerprint density at radius 3 is 3.00 bits per heavy atom. The van der Waals surface area contributed by atoms with Gasteiger partial charge in [-0.05, 0) is 25.0 Å². The predicted molar refractivity (Wildman–Crippen MR) is 63.0 cm³/mol. The molecule has 0 saturated heterocycles. The van der Waals surface area contributed by atoms with Gasteiger partial charge in [-0.3, -0.25) is 4.98 Å². The highest BCUT2D eigenvalue weighted by atomic mass is 32.1. The molecule has 4 nitrogen and oxygen atoms in total. The summed E-state index contributed by atoms with van der Waals surface area (Å²) in [5, 5.41) is 13.7. The van der Waals surface area contributed by atoms with Gasteiger partial charge < -0.3 is 5.32 Å². The molecule has 0 bridgehead atoms. The minimum absolute atomic E-state index is 0.710. The first-order chi connectivity index (χ1) is 7.92. The van der Waals surface area contributed by atoms with E-state index in [-0.39, 0.29) is 0 Å². The van der Waals surface area contributed by atoms with Crippen molar-refractivity contribution in [1.29, 1.82) is 0 Å². The van der Waals surface area contributed by atoms with Gasteiger partial charge in [0.05, 0.1) is 0 Å². The van der Waals surface area contributed by atoms with Crippen LogP contribution in [0, 0.1) is 0 Å². The van der Waals surface area contributed by atoms with Gasteiger partial charge in [0.1, 0.15) is 10.7 Å². The van der Waals surface area contributed by atoms with Crippen LogP contribution in [-0.4, -0.2) is 21.2 Å². The van der Waals surface area contributed by atoms with Gasteiger partial charge in [-0.2, -0.15) is 0 Å². The fourth-order valence-corrected chi connectivity index (χ4v) is 2.20. The molecule has 0 amide bonds. The highest BCUT2D eigenvalue weighted by Gasteiger charge is 2.20. The van der Waals surface area contributed by atoms with Crippen molar-refractivity contribution in [3.8, 4) is 10.7 Å². The van der Waals surface area contributed by atoms with Crippen LogP contribution >= 0.6 is 11.3 Å². The molecular formula is C11H12N4S. The molecule has 1 fully saturated rings. The maximum atomic E-state index is 4.26. The molecule has 0 aromatic carbocycles. The fraction of sp³-hybridized carbons (Fsp3) is 0.364. The summed E-state index contributed by atoms with van der Waals surface area (Å²) < 4.78 is 0. The Bertz CT molecular complexity index is 464. The van der Waals surface area contributed by atoms with Crippen LogP contribution in [0.1, 0.15) is 17.8 Å². The van der Waals surface area contributed by atoms with Crippen LogP contribution in [0.2, 0.25) is 0 Å². The summed E-state index contributed by atoms with van der Waals surface area (Å²) in [6, 6.07) is 6.53. The lowest BCUT2D eigenvalue weighted by Gasteiger charge is -1.95. The maximum Gasteiger partial charge on any atom is 0.166 e. The first kappa shape index (κ1) is 9.86. The number of aromatic nitrogens is 3. The van der Waals surface area contributed by atoms with Crippen LogP contribution in [-0.2, 0) is 6.54 Å². The van der Waals surface area contributed by atoms with Crippen LogP contribution in [0.5, 0.6) is 0 Å². The molecule has 0 radical (unpaired) electrons. The molecule has 1 N–H and O–H groups in total. The Labute approximate surface area is 97.8 Å². The second kappa shape index (κ2) is 4.27. The van der Waals surface area contributed by atoms with Crippen molar-refractivity contribution in [1.82, 2.24) is 20.5 Å². The maximum absolute atomic E-state index is 4.26. The van der Waals surface area contributed by atoms with E-state index in [4.69, 9.17) is 0 Å². The zero-order chi connectivity index (χ0) is 10.8. The SMILES string of the molecule is c1ccc(-c2nnc(CNC3CC3)s2)nc1. The third kappa shape index (κ3) is 2.25. The van der Waals surface area contributed by atoms with Gasteiger partial charge in [-0.25, -0.2) is 0 Å². The summed E-state index contributed by atoms with van der Waals surface area (Å²) >= 11 is 1.61. The Balaban J connectivity index is 1.71. The summed E-state index contributed by atoms with van der Waals surface area (Å²) in [6.45, 7) is 0.829. The Hall–Kier alpha value is -1.33. The quantitative estimate of drug-likeness (QED) is 0.874. The Morgan fingerprint density at radius 1 is 1.31 bits per heavy atom. The van der Waals surface area contributed by atoms with E-state index < -0.39 is 0 Å². The molecule has 16 heavy (non-hydrogen) atoms. The lowest BCUT2D eigenvalue weighted by molar-refractivity contribution is 0.679. The van der Waals surface area contributed by atoms with Gasteiger partial charge in [-0.15, -0.1) is 10.2 Å². The highest BCUT2D eigenvalue weighted by Crippen LogP contribution is 2.23. The molecule has 2 heterocycles. The van der Waals surface area contributed by atoms with Crippen molar-refractivity contribution >= 4 is 11.3 Å². The number of nitrogens with one attached hydrogen (secondary N) is 1. The van der Waals surface area contributed by atoms with Crippen LogP contribution in [0.15, 0.2) is 24.4 Å². The third-order valence-electron chi connectivity index (χ3n) is 2.47. The van der Waals surface area contributed by atoms with E-state index in [0.29, 0.717) is 6.04 Å². The molecule has 0 atom stereocenters. The molecule has 0 unspecified atom stereocenters. The zero-order valence-corrected chi connectivity index (χ0v) is 9.57. The number of rotatable bonds is 4. The van der Waals surface area contributed by atoms with Gasteiger partial charge >= 0.3 is 0 Å². The van der Waals surface area contributed by atoms with E-state index in [0.717, 1.165) is 22.3 Å². The first-order valence-electron chi connectivity index (χ1n) is 5.39. The molecule has 2 aromatic rings. The molecule has 2 aromatic heterocycles. The Morgan fingerprint density at radius 2 is 2.25 bits per heavy atom. The average Bonchev–Trinajstić information content (AvgIpc) is 3.05. The number of nitrogens with zero attached hydrogens (tertiary/aromatic N) is 3.